The first kappa shape index (κ1) is 23.1. The first-order valence-corrected chi connectivity index (χ1v) is 10.1. The maximum absolute atomic E-state index is 12.2. The number of aryl methyl sites for hydroxylation is 1. The van der Waals surface area contributed by atoms with Crippen molar-refractivity contribution < 1.29 is 23.9 Å². The second kappa shape index (κ2) is 11.1. The third kappa shape index (κ3) is 7.03. The summed E-state index contributed by atoms with van der Waals surface area (Å²) in [6.45, 7) is 7.57. The molecule has 2 aromatic rings. The number of para-hydroxylation sites is 1. The lowest BCUT2D eigenvalue weighted by Gasteiger charge is -2.16. The van der Waals surface area contributed by atoms with Crippen molar-refractivity contribution in [2.75, 3.05) is 18.5 Å². The molecular formula is C24H29NO5. The van der Waals surface area contributed by atoms with Gasteiger partial charge in [-0.3, -0.25) is 14.4 Å². The standard InChI is InChI=1S/C24H29NO5/c1-16(2)21-8-5-7-17(3)24(21)25-22(27)15-30-23(28)9-6-14-29-20-12-10-19(11-13-20)18(4)26/h5,7-8,10-13,16H,6,9,14-15H2,1-4H3,(H,25,27). The van der Waals surface area contributed by atoms with E-state index in [0.717, 1.165) is 16.8 Å². The van der Waals surface area contributed by atoms with Crippen LogP contribution in [0.2, 0.25) is 0 Å². The van der Waals surface area contributed by atoms with Crippen LogP contribution in [0.5, 0.6) is 5.75 Å². The highest BCUT2D eigenvalue weighted by atomic mass is 16.5. The van der Waals surface area contributed by atoms with Crippen LogP contribution in [-0.2, 0) is 14.3 Å². The van der Waals surface area contributed by atoms with Crippen molar-refractivity contribution in [3.8, 4) is 5.75 Å². The lowest BCUT2D eigenvalue weighted by molar-refractivity contribution is -0.147. The number of carbonyl (C=O) groups excluding carboxylic acids is 3. The van der Waals surface area contributed by atoms with Crippen LogP contribution < -0.4 is 10.1 Å². The molecule has 160 valence electrons. The summed E-state index contributed by atoms with van der Waals surface area (Å²) in [6.07, 6.45) is 0.616. The molecule has 0 bridgehead atoms. The van der Waals surface area contributed by atoms with Gasteiger partial charge in [-0.25, -0.2) is 0 Å². The predicted molar refractivity (Wildman–Crippen MR) is 116 cm³/mol. The normalized spacial score (nSPS) is 10.6. The number of hydrogen-bond donors (Lipinski definition) is 1. The molecule has 0 atom stereocenters. The molecule has 0 unspecified atom stereocenters. The van der Waals surface area contributed by atoms with Crippen molar-refractivity contribution in [2.45, 2.75) is 46.5 Å². The zero-order chi connectivity index (χ0) is 22.1. The summed E-state index contributed by atoms with van der Waals surface area (Å²) < 4.78 is 10.6. The number of rotatable bonds is 10. The van der Waals surface area contributed by atoms with Gasteiger partial charge in [0.05, 0.1) is 6.61 Å². The molecule has 0 aliphatic rings. The highest BCUT2D eigenvalue weighted by Crippen LogP contribution is 2.27. The van der Waals surface area contributed by atoms with Gasteiger partial charge in [0.15, 0.2) is 12.4 Å². The van der Waals surface area contributed by atoms with E-state index in [1.54, 1.807) is 24.3 Å². The van der Waals surface area contributed by atoms with Gasteiger partial charge < -0.3 is 14.8 Å². The topological polar surface area (TPSA) is 81.7 Å². The van der Waals surface area contributed by atoms with E-state index < -0.39 is 5.97 Å². The fourth-order valence-corrected chi connectivity index (χ4v) is 2.93. The first-order valence-electron chi connectivity index (χ1n) is 10.1. The lowest BCUT2D eigenvalue weighted by Crippen LogP contribution is -2.22. The quantitative estimate of drug-likeness (QED) is 0.349. The summed E-state index contributed by atoms with van der Waals surface area (Å²) in [7, 11) is 0. The number of ketones is 1. The van der Waals surface area contributed by atoms with Gasteiger partial charge in [-0.1, -0.05) is 32.0 Å². The van der Waals surface area contributed by atoms with Gasteiger partial charge in [0, 0.05) is 17.7 Å². The summed E-state index contributed by atoms with van der Waals surface area (Å²) >= 11 is 0. The van der Waals surface area contributed by atoms with Crippen molar-refractivity contribution in [3.05, 3.63) is 59.2 Å². The Morgan fingerprint density at radius 1 is 1.03 bits per heavy atom. The molecular weight excluding hydrogens is 382 g/mol. The van der Waals surface area contributed by atoms with Crippen molar-refractivity contribution in [2.24, 2.45) is 0 Å². The van der Waals surface area contributed by atoms with Crippen LogP contribution >= 0.6 is 0 Å². The van der Waals surface area contributed by atoms with Crippen molar-refractivity contribution in [1.29, 1.82) is 0 Å². The molecule has 0 aromatic heterocycles. The average Bonchev–Trinajstić information content (AvgIpc) is 2.71. The number of anilines is 1. The van der Waals surface area contributed by atoms with Crippen LogP contribution in [0.15, 0.2) is 42.5 Å². The summed E-state index contributed by atoms with van der Waals surface area (Å²) in [5, 5.41) is 2.85. The molecule has 0 saturated heterocycles. The molecule has 6 nitrogen and oxygen atoms in total. The number of carbonyl (C=O) groups is 3. The summed E-state index contributed by atoms with van der Waals surface area (Å²) in [5.74, 6) is 0.0837. The SMILES string of the molecule is CC(=O)c1ccc(OCCCC(=O)OCC(=O)Nc2c(C)cccc2C(C)C)cc1. The van der Waals surface area contributed by atoms with Gasteiger partial charge in [0.2, 0.25) is 0 Å². The van der Waals surface area contributed by atoms with Crippen molar-refractivity contribution in [1.82, 2.24) is 0 Å². The van der Waals surface area contributed by atoms with Gasteiger partial charge in [-0.2, -0.15) is 0 Å². The highest BCUT2D eigenvalue weighted by molar-refractivity contribution is 5.94. The second-order valence-electron chi connectivity index (χ2n) is 7.44. The van der Waals surface area contributed by atoms with E-state index in [9.17, 15) is 14.4 Å². The lowest BCUT2D eigenvalue weighted by atomic mass is 9.98. The van der Waals surface area contributed by atoms with Crippen molar-refractivity contribution >= 4 is 23.3 Å². The molecule has 2 rings (SSSR count). The molecule has 0 spiro atoms. The molecule has 30 heavy (non-hydrogen) atoms. The fourth-order valence-electron chi connectivity index (χ4n) is 2.93. The zero-order valence-corrected chi connectivity index (χ0v) is 18.0. The summed E-state index contributed by atoms with van der Waals surface area (Å²) in [4.78, 5) is 35.3. The fraction of sp³-hybridized carbons (Fsp3) is 0.375. The van der Waals surface area contributed by atoms with Crippen LogP contribution in [-0.4, -0.2) is 30.9 Å². The smallest absolute Gasteiger partial charge is 0.306 e. The number of Topliss-reactive ketones (excluding diaryl/α,β-unsaturated/α-hetero) is 1. The highest BCUT2D eigenvalue weighted by Gasteiger charge is 2.13. The van der Waals surface area contributed by atoms with Crippen LogP contribution in [0.3, 0.4) is 0 Å². The summed E-state index contributed by atoms with van der Waals surface area (Å²) in [5.41, 5.74) is 3.41. The molecule has 0 saturated carbocycles. The largest absolute Gasteiger partial charge is 0.494 e. The Balaban J connectivity index is 1.71. The molecule has 0 radical (unpaired) electrons. The molecule has 1 N–H and O–H groups in total. The third-order valence-corrected chi connectivity index (χ3v) is 4.61. The zero-order valence-electron chi connectivity index (χ0n) is 18.0. The summed E-state index contributed by atoms with van der Waals surface area (Å²) in [6, 6.07) is 12.7. The Hall–Kier alpha value is -3.15. The van der Waals surface area contributed by atoms with Gasteiger partial charge in [0.1, 0.15) is 5.75 Å². The Morgan fingerprint density at radius 2 is 1.73 bits per heavy atom. The van der Waals surface area contributed by atoms with Crippen LogP contribution in [0, 0.1) is 6.92 Å². The number of amides is 1. The number of nitrogens with one attached hydrogen (secondary N) is 1. The molecule has 0 aliphatic carbocycles. The van der Waals surface area contributed by atoms with Gasteiger partial charge in [-0.05, 0) is 61.6 Å². The average molecular weight is 411 g/mol. The minimum absolute atomic E-state index is 0.00353. The van der Waals surface area contributed by atoms with Gasteiger partial charge >= 0.3 is 5.97 Å². The molecule has 0 aliphatic heterocycles. The first-order chi connectivity index (χ1) is 14.3. The predicted octanol–water partition coefficient (Wildman–Crippen LogP) is 4.66. The van der Waals surface area contributed by atoms with Crippen LogP contribution in [0.4, 0.5) is 5.69 Å². The van der Waals surface area contributed by atoms with E-state index in [1.165, 1.54) is 6.92 Å². The van der Waals surface area contributed by atoms with Crippen LogP contribution in [0.1, 0.15) is 61.0 Å². The Bertz CT molecular complexity index is 887. The minimum atomic E-state index is -0.449. The Morgan fingerprint density at radius 3 is 2.37 bits per heavy atom. The van der Waals surface area contributed by atoms with E-state index in [2.05, 4.69) is 19.2 Å². The molecule has 0 heterocycles. The van der Waals surface area contributed by atoms with Crippen molar-refractivity contribution in [3.63, 3.8) is 0 Å². The molecule has 0 fully saturated rings. The number of hydrogen-bond acceptors (Lipinski definition) is 5. The molecule has 6 heteroatoms. The maximum atomic E-state index is 12.2. The Kier molecular flexibility index (Phi) is 8.59. The van der Waals surface area contributed by atoms with E-state index >= 15 is 0 Å². The third-order valence-electron chi connectivity index (χ3n) is 4.61. The van der Waals surface area contributed by atoms with E-state index in [-0.39, 0.29) is 30.6 Å². The number of benzene rings is 2. The maximum Gasteiger partial charge on any atom is 0.306 e. The van der Waals surface area contributed by atoms with Crippen LogP contribution in [0.25, 0.3) is 0 Å². The number of esters is 1. The second-order valence-corrected chi connectivity index (χ2v) is 7.44. The van der Waals surface area contributed by atoms with E-state index in [0.29, 0.717) is 24.3 Å². The molecule has 1 amide bonds. The monoisotopic (exact) mass is 411 g/mol. The molecule has 2 aromatic carbocycles. The van der Waals surface area contributed by atoms with E-state index in [1.807, 2.05) is 25.1 Å². The van der Waals surface area contributed by atoms with Gasteiger partial charge in [0.25, 0.3) is 5.91 Å². The van der Waals surface area contributed by atoms with Gasteiger partial charge in [-0.15, -0.1) is 0 Å². The Labute approximate surface area is 177 Å². The minimum Gasteiger partial charge on any atom is -0.494 e. The van der Waals surface area contributed by atoms with E-state index in [4.69, 9.17) is 9.47 Å². The number of ether oxygens (including phenoxy) is 2.